The zero-order chi connectivity index (χ0) is 15.4. The summed E-state index contributed by atoms with van der Waals surface area (Å²) in [5, 5.41) is 6.16. The van der Waals surface area contributed by atoms with E-state index in [1.807, 2.05) is 20.8 Å². The molecule has 5 heteroatoms. The number of alkyl carbamates (subject to hydrolysis) is 1. The summed E-state index contributed by atoms with van der Waals surface area (Å²) < 4.78 is 5.16. The Morgan fingerprint density at radius 2 is 1.80 bits per heavy atom. The number of nitrogens with zero attached hydrogens (tertiary/aromatic N) is 1. The van der Waals surface area contributed by atoms with Crippen LogP contribution in [0.2, 0.25) is 0 Å². The van der Waals surface area contributed by atoms with Gasteiger partial charge in [-0.3, -0.25) is 0 Å². The third kappa shape index (κ3) is 12.2. The summed E-state index contributed by atoms with van der Waals surface area (Å²) in [7, 11) is 0. The van der Waals surface area contributed by atoms with E-state index in [1.165, 1.54) is 13.0 Å². The van der Waals surface area contributed by atoms with Crippen LogP contribution in [0.15, 0.2) is 0 Å². The van der Waals surface area contributed by atoms with Crippen molar-refractivity contribution in [1.82, 2.24) is 15.5 Å². The van der Waals surface area contributed by atoms with Gasteiger partial charge in [-0.05, 0) is 53.2 Å². The van der Waals surface area contributed by atoms with E-state index >= 15 is 0 Å². The molecule has 0 aromatic rings. The lowest BCUT2D eigenvalue weighted by molar-refractivity contribution is 0.0527. The fraction of sp³-hybridized carbons (Fsp3) is 0.933. The third-order valence-corrected chi connectivity index (χ3v) is 2.79. The predicted octanol–water partition coefficient (Wildman–Crippen LogP) is 2.22. The predicted molar refractivity (Wildman–Crippen MR) is 84.1 cm³/mol. The first-order chi connectivity index (χ1) is 9.39. The van der Waals surface area contributed by atoms with Crippen LogP contribution in [0.3, 0.4) is 0 Å². The van der Waals surface area contributed by atoms with Crippen LogP contribution in [0.5, 0.6) is 0 Å². The summed E-state index contributed by atoms with van der Waals surface area (Å²) in [4.78, 5) is 13.8. The van der Waals surface area contributed by atoms with Crippen LogP contribution in [-0.4, -0.2) is 55.9 Å². The molecule has 1 amide bonds. The molecule has 0 spiro atoms. The molecule has 0 atom stereocenters. The molecule has 0 aromatic carbocycles. The lowest BCUT2D eigenvalue weighted by Crippen LogP contribution is -2.35. The molecule has 0 heterocycles. The quantitative estimate of drug-likeness (QED) is 0.605. The van der Waals surface area contributed by atoms with Crippen molar-refractivity contribution in [2.24, 2.45) is 0 Å². The number of nitrogens with one attached hydrogen (secondary N) is 2. The highest BCUT2D eigenvalue weighted by atomic mass is 16.6. The molecule has 0 bridgehead atoms. The molecule has 5 nitrogen and oxygen atoms in total. The van der Waals surface area contributed by atoms with Gasteiger partial charge in [-0.1, -0.05) is 13.8 Å². The first-order valence-electron chi connectivity index (χ1n) is 7.79. The Morgan fingerprint density at radius 3 is 2.35 bits per heavy atom. The fourth-order valence-electron chi connectivity index (χ4n) is 1.82. The molecule has 0 rings (SSSR count). The third-order valence-electron chi connectivity index (χ3n) is 2.79. The van der Waals surface area contributed by atoms with Gasteiger partial charge in [-0.2, -0.15) is 0 Å². The molecule has 0 aliphatic rings. The Hall–Kier alpha value is -0.810. The minimum absolute atomic E-state index is 0.336. The van der Waals surface area contributed by atoms with Gasteiger partial charge in [0.1, 0.15) is 5.60 Å². The Morgan fingerprint density at radius 1 is 1.10 bits per heavy atom. The minimum atomic E-state index is -0.425. The van der Waals surface area contributed by atoms with Crippen LogP contribution < -0.4 is 10.6 Å². The second-order valence-corrected chi connectivity index (χ2v) is 5.97. The highest BCUT2D eigenvalue weighted by Crippen LogP contribution is 2.06. The Balaban J connectivity index is 3.42. The first kappa shape index (κ1) is 19.2. The van der Waals surface area contributed by atoms with Crippen molar-refractivity contribution < 1.29 is 9.53 Å². The van der Waals surface area contributed by atoms with Gasteiger partial charge in [-0.15, -0.1) is 0 Å². The van der Waals surface area contributed by atoms with Gasteiger partial charge in [0.2, 0.25) is 0 Å². The standard InChI is InChI=1S/C15H33N3O2/c1-6-12-18(7-2)13-11-16-9-8-10-17-14(19)20-15(3,4)5/h16H,6-13H2,1-5H3,(H,17,19). The average Bonchev–Trinajstić information content (AvgIpc) is 2.34. The van der Waals surface area contributed by atoms with Crippen molar-refractivity contribution >= 4 is 6.09 Å². The van der Waals surface area contributed by atoms with Crippen molar-refractivity contribution in [3.8, 4) is 0 Å². The molecule has 0 aromatic heterocycles. The highest BCUT2D eigenvalue weighted by Gasteiger charge is 2.15. The fourth-order valence-corrected chi connectivity index (χ4v) is 1.82. The van der Waals surface area contributed by atoms with Gasteiger partial charge < -0.3 is 20.3 Å². The Kier molecular flexibility index (Phi) is 10.5. The summed E-state index contributed by atoms with van der Waals surface area (Å²) >= 11 is 0. The lowest BCUT2D eigenvalue weighted by atomic mass is 10.2. The van der Waals surface area contributed by atoms with E-state index in [4.69, 9.17) is 4.74 Å². The molecule has 120 valence electrons. The number of likely N-dealkylation sites (N-methyl/N-ethyl adjacent to an activating group) is 1. The van der Waals surface area contributed by atoms with Crippen LogP contribution in [0.4, 0.5) is 4.79 Å². The van der Waals surface area contributed by atoms with Gasteiger partial charge in [0.05, 0.1) is 0 Å². The molecule has 0 aliphatic heterocycles. The van der Waals surface area contributed by atoms with Crippen molar-refractivity contribution in [1.29, 1.82) is 0 Å². The van der Waals surface area contributed by atoms with Crippen LogP contribution in [0.25, 0.3) is 0 Å². The summed E-state index contributed by atoms with van der Waals surface area (Å²) in [5.41, 5.74) is -0.425. The zero-order valence-corrected chi connectivity index (χ0v) is 13.9. The Bertz CT molecular complexity index is 252. The molecular weight excluding hydrogens is 254 g/mol. The number of carbonyl (C=O) groups excluding carboxylic acids is 1. The van der Waals surface area contributed by atoms with E-state index in [9.17, 15) is 4.79 Å². The maximum absolute atomic E-state index is 11.4. The van der Waals surface area contributed by atoms with Gasteiger partial charge in [0, 0.05) is 19.6 Å². The SMILES string of the molecule is CCCN(CC)CCNCCCNC(=O)OC(C)(C)C. The van der Waals surface area contributed by atoms with E-state index in [1.54, 1.807) is 0 Å². The number of hydrogen-bond donors (Lipinski definition) is 2. The van der Waals surface area contributed by atoms with Gasteiger partial charge >= 0.3 is 6.09 Å². The van der Waals surface area contributed by atoms with Crippen LogP contribution in [0, 0.1) is 0 Å². The normalized spacial score (nSPS) is 11.7. The second-order valence-electron chi connectivity index (χ2n) is 5.97. The summed E-state index contributed by atoms with van der Waals surface area (Å²) in [6.45, 7) is 15.9. The summed E-state index contributed by atoms with van der Waals surface area (Å²) in [6, 6.07) is 0. The number of amides is 1. The number of ether oxygens (including phenoxy) is 1. The van der Waals surface area contributed by atoms with Gasteiger partial charge in [-0.25, -0.2) is 4.79 Å². The van der Waals surface area contributed by atoms with E-state index < -0.39 is 5.60 Å². The summed E-state index contributed by atoms with van der Waals surface area (Å²) in [6.07, 6.45) is 1.78. The Labute approximate surface area is 124 Å². The van der Waals surface area contributed by atoms with Crippen LogP contribution >= 0.6 is 0 Å². The van der Waals surface area contributed by atoms with E-state index in [0.717, 1.165) is 32.6 Å². The molecule has 0 fully saturated rings. The highest BCUT2D eigenvalue weighted by molar-refractivity contribution is 5.67. The van der Waals surface area contributed by atoms with Crippen molar-refractivity contribution in [2.75, 3.05) is 39.3 Å². The van der Waals surface area contributed by atoms with Gasteiger partial charge in [0.15, 0.2) is 0 Å². The molecule has 2 N–H and O–H groups in total. The molecule has 20 heavy (non-hydrogen) atoms. The maximum Gasteiger partial charge on any atom is 0.407 e. The lowest BCUT2D eigenvalue weighted by Gasteiger charge is -2.20. The van der Waals surface area contributed by atoms with Gasteiger partial charge in [0.25, 0.3) is 0 Å². The molecule has 0 saturated carbocycles. The summed E-state index contributed by atoms with van der Waals surface area (Å²) in [5.74, 6) is 0. The number of carbonyl (C=O) groups is 1. The molecule has 0 radical (unpaired) electrons. The molecular formula is C15H33N3O2. The maximum atomic E-state index is 11.4. The largest absolute Gasteiger partial charge is 0.444 e. The monoisotopic (exact) mass is 287 g/mol. The van der Waals surface area contributed by atoms with E-state index in [-0.39, 0.29) is 6.09 Å². The topological polar surface area (TPSA) is 53.6 Å². The smallest absolute Gasteiger partial charge is 0.407 e. The van der Waals surface area contributed by atoms with Crippen molar-refractivity contribution in [3.63, 3.8) is 0 Å². The minimum Gasteiger partial charge on any atom is -0.444 e. The van der Waals surface area contributed by atoms with Crippen molar-refractivity contribution in [2.45, 2.75) is 53.1 Å². The van der Waals surface area contributed by atoms with E-state index in [2.05, 4.69) is 29.4 Å². The van der Waals surface area contributed by atoms with E-state index in [0.29, 0.717) is 6.54 Å². The first-order valence-corrected chi connectivity index (χ1v) is 7.79. The van der Waals surface area contributed by atoms with Crippen LogP contribution in [-0.2, 0) is 4.74 Å². The number of hydrogen-bond acceptors (Lipinski definition) is 4. The zero-order valence-electron chi connectivity index (χ0n) is 13.9. The molecule has 0 aliphatic carbocycles. The molecule has 0 unspecified atom stereocenters. The second kappa shape index (κ2) is 10.9. The number of rotatable bonds is 10. The average molecular weight is 287 g/mol. The molecule has 0 saturated heterocycles. The van der Waals surface area contributed by atoms with Crippen LogP contribution in [0.1, 0.15) is 47.5 Å². The van der Waals surface area contributed by atoms with Crippen molar-refractivity contribution in [3.05, 3.63) is 0 Å².